The van der Waals surface area contributed by atoms with Gasteiger partial charge in [0.2, 0.25) is 0 Å². The van der Waals surface area contributed by atoms with Gasteiger partial charge in [0.25, 0.3) is 0 Å². The molecular weight excluding hydrogens is 314 g/mol. The maximum atomic E-state index is 12.6. The van der Waals surface area contributed by atoms with Crippen molar-refractivity contribution >= 4 is 6.09 Å². The highest BCUT2D eigenvalue weighted by molar-refractivity contribution is 5.69. The lowest BCUT2D eigenvalue weighted by atomic mass is 9.85. The first-order valence-electron chi connectivity index (χ1n) is 8.92. The van der Waals surface area contributed by atoms with Gasteiger partial charge in [0.1, 0.15) is 5.60 Å². The molecule has 1 atom stereocenters. The van der Waals surface area contributed by atoms with Gasteiger partial charge in [-0.3, -0.25) is 0 Å². The fraction of sp³-hybridized carbons (Fsp3) is 0.381. The molecule has 2 aromatic carbocycles. The number of benzene rings is 2. The summed E-state index contributed by atoms with van der Waals surface area (Å²) in [6, 6.07) is 20.1. The number of hydrogen-bond acceptors (Lipinski definition) is 3. The summed E-state index contributed by atoms with van der Waals surface area (Å²) in [6.07, 6.45) is 2.57. The number of rotatable bonds is 7. The lowest BCUT2D eigenvalue weighted by molar-refractivity contribution is -0.0605. The van der Waals surface area contributed by atoms with E-state index in [1.54, 1.807) is 4.90 Å². The second-order valence-electron chi connectivity index (χ2n) is 6.53. The van der Waals surface area contributed by atoms with E-state index in [1.807, 2.05) is 48.5 Å². The summed E-state index contributed by atoms with van der Waals surface area (Å²) in [7, 11) is 0. The van der Waals surface area contributed by atoms with Crippen molar-refractivity contribution < 1.29 is 14.6 Å². The van der Waals surface area contributed by atoms with Gasteiger partial charge in [0.05, 0.1) is 0 Å². The SMILES string of the molecule is O=C1OC(CCCO)(c2ccccc2)CCN1CCc1ccccc1. The average Bonchev–Trinajstić information content (AvgIpc) is 2.67. The molecule has 1 N–H and O–H groups in total. The van der Waals surface area contributed by atoms with Crippen LogP contribution in [0.5, 0.6) is 0 Å². The smallest absolute Gasteiger partial charge is 0.410 e. The molecule has 1 amide bonds. The van der Waals surface area contributed by atoms with E-state index < -0.39 is 5.60 Å². The third kappa shape index (κ3) is 4.20. The molecule has 1 fully saturated rings. The number of cyclic esters (lactones) is 1. The summed E-state index contributed by atoms with van der Waals surface area (Å²) in [4.78, 5) is 14.4. The van der Waals surface area contributed by atoms with Crippen molar-refractivity contribution in [3.8, 4) is 0 Å². The molecule has 1 unspecified atom stereocenters. The molecule has 0 bridgehead atoms. The van der Waals surface area contributed by atoms with E-state index in [4.69, 9.17) is 4.74 Å². The standard InChI is InChI=1S/C21H25NO3/c23-17-7-13-21(19-10-5-2-6-11-19)14-16-22(20(24)25-21)15-12-18-8-3-1-4-9-18/h1-6,8-11,23H,7,12-17H2. The molecule has 4 heteroatoms. The zero-order chi connectivity index (χ0) is 17.5. The van der Waals surface area contributed by atoms with E-state index in [1.165, 1.54) is 5.56 Å². The van der Waals surface area contributed by atoms with Gasteiger partial charge in [0.15, 0.2) is 0 Å². The number of aliphatic hydroxyl groups excluding tert-OH is 1. The van der Waals surface area contributed by atoms with Crippen LogP contribution in [0.25, 0.3) is 0 Å². The van der Waals surface area contributed by atoms with E-state index in [-0.39, 0.29) is 12.7 Å². The van der Waals surface area contributed by atoms with E-state index in [0.717, 1.165) is 18.4 Å². The molecule has 0 aliphatic carbocycles. The minimum atomic E-state index is -0.621. The number of amides is 1. The summed E-state index contributed by atoms with van der Waals surface area (Å²) in [6.45, 7) is 1.43. The lowest BCUT2D eigenvalue weighted by Crippen LogP contribution is -2.48. The fourth-order valence-corrected chi connectivity index (χ4v) is 3.43. The molecule has 0 spiro atoms. The molecule has 0 aromatic heterocycles. The first kappa shape index (κ1) is 17.5. The normalized spacial score (nSPS) is 20.4. The van der Waals surface area contributed by atoms with Crippen molar-refractivity contribution in [3.05, 3.63) is 71.8 Å². The Kier molecular flexibility index (Phi) is 5.71. The summed E-state index contributed by atoms with van der Waals surface area (Å²) in [5, 5.41) is 9.24. The highest BCUT2D eigenvalue weighted by atomic mass is 16.6. The number of carbonyl (C=O) groups excluding carboxylic acids is 1. The second-order valence-corrected chi connectivity index (χ2v) is 6.53. The van der Waals surface area contributed by atoms with E-state index in [0.29, 0.717) is 25.9 Å². The Morgan fingerprint density at radius 3 is 2.36 bits per heavy atom. The lowest BCUT2D eigenvalue weighted by Gasteiger charge is -2.41. The van der Waals surface area contributed by atoms with Gasteiger partial charge in [-0.15, -0.1) is 0 Å². The van der Waals surface area contributed by atoms with Gasteiger partial charge >= 0.3 is 6.09 Å². The molecular formula is C21H25NO3. The molecule has 4 nitrogen and oxygen atoms in total. The Bertz CT molecular complexity index is 674. The third-order valence-electron chi connectivity index (χ3n) is 4.88. The van der Waals surface area contributed by atoms with Crippen molar-refractivity contribution in [1.82, 2.24) is 4.90 Å². The quantitative estimate of drug-likeness (QED) is 0.836. The van der Waals surface area contributed by atoms with Crippen molar-refractivity contribution in [2.75, 3.05) is 19.7 Å². The highest BCUT2D eigenvalue weighted by Gasteiger charge is 2.41. The number of aliphatic hydroxyl groups is 1. The minimum Gasteiger partial charge on any atom is -0.438 e. The molecule has 1 heterocycles. The molecule has 1 aliphatic heterocycles. The van der Waals surface area contributed by atoms with Crippen LogP contribution in [0.2, 0.25) is 0 Å². The summed E-state index contributed by atoms with van der Waals surface area (Å²) in [5.74, 6) is 0. The number of nitrogens with zero attached hydrogens (tertiary/aromatic N) is 1. The highest BCUT2D eigenvalue weighted by Crippen LogP contribution is 2.38. The molecule has 2 aromatic rings. The predicted molar refractivity (Wildman–Crippen MR) is 97.3 cm³/mol. The zero-order valence-corrected chi connectivity index (χ0v) is 14.4. The average molecular weight is 339 g/mol. The number of hydrogen-bond donors (Lipinski definition) is 1. The maximum Gasteiger partial charge on any atom is 0.410 e. The first-order chi connectivity index (χ1) is 12.2. The largest absolute Gasteiger partial charge is 0.438 e. The summed E-state index contributed by atoms with van der Waals surface area (Å²) in [5.41, 5.74) is 1.61. The third-order valence-corrected chi connectivity index (χ3v) is 4.88. The van der Waals surface area contributed by atoms with Crippen LogP contribution in [0.4, 0.5) is 4.79 Å². The first-order valence-corrected chi connectivity index (χ1v) is 8.92. The van der Waals surface area contributed by atoms with Gasteiger partial charge in [0, 0.05) is 26.1 Å². The molecule has 1 saturated heterocycles. The Morgan fingerprint density at radius 2 is 1.72 bits per heavy atom. The number of ether oxygens (including phenoxy) is 1. The van der Waals surface area contributed by atoms with Gasteiger partial charge in [-0.1, -0.05) is 60.7 Å². The van der Waals surface area contributed by atoms with E-state index in [2.05, 4.69) is 12.1 Å². The van der Waals surface area contributed by atoms with Gasteiger partial charge in [-0.25, -0.2) is 4.79 Å². The van der Waals surface area contributed by atoms with Crippen LogP contribution < -0.4 is 0 Å². The van der Waals surface area contributed by atoms with Crippen molar-refractivity contribution in [2.24, 2.45) is 0 Å². The van der Waals surface area contributed by atoms with E-state index in [9.17, 15) is 9.90 Å². The fourth-order valence-electron chi connectivity index (χ4n) is 3.43. The molecule has 0 radical (unpaired) electrons. The van der Waals surface area contributed by atoms with Crippen LogP contribution in [0, 0.1) is 0 Å². The zero-order valence-electron chi connectivity index (χ0n) is 14.4. The summed E-state index contributed by atoms with van der Waals surface area (Å²) < 4.78 is 5.94. The van der Waals surface area contributed by atoms with Crippen LogP contribution >= 0.6 is 0 Å². The van der Waals surface area contributed by atoms with Crippen molar-refractivity contribution in [2.45, 2.75) is 31.3 Å². The Labute approximate surface area is 149 Å². The molecule has 1 aliphatic rings. The Balaban J connectivity index is 1.68. The van der Waals surface area contributed by atoms with Gasteiger partial charge < -0.3 is 14.7 Å². The number of carbonyl (C=O) groups is 1. The second kappa shape index (κ2) is 8.17. The monoisotopic (exact) mass is 339 g/mol. The molecule has 132 valence electrons. The molecule has 0 saturated carbocycles. The maximum absolute atomic E-state index is 12.6. The summed E-state index contributed by atoms with van der Waals surface area (Å²) >= 11 is 0. The van der Waals surface area contributed by atoms with Crippen LogP contribution in [0.15, 0.2) is 60.7 Å². The van der Waals surface area contributed by atoms with Crippen LogP contribution in [0.3, 0.4) is 0 Å². The minimum absolute atomic E-state index is 0.101. The van der Waals surface area contributed by atoms with Gasteiger partial charge in [-0.2, -0.15) is 0 Å². The Morgan fingerprint density at radius 1 is 1.04 bits per heavy atom. The van der Waals surface area contributed by atoms with Crippen LogP contribution in [0.1, 0.15) is 30.4 Å². The topological polar surface area (TPSA) is 49.8 Å². The van der Waals surface area contributed by atoms with Gasteiger partial charge in [-0.05, 0) is 30.4 Å². The Hall–Kier alpha value is -2.33. The van der Waals surface area contributed by atoms with Crippen LogP contribution in [-0.4, -0.2) is 35.8 Å². The molecule has 3 rings (SSSR count). The predicted octanol–water partition coefficient (Wildman–Crippen LogP) is 3.74. The van der Waals surface area contributed by atoms with Crippen molar-refractivity contribution in [3.63, 3.8) is 0 Å². The van der Waals surface area contributed by atoms with Crippen molar-refractivity contribution in [1.29, 1.82) is 0 Å². The molecule has 25 heavy (non-hydrogen) atoms. The van der Waals surface area contributed by atoms with Crippen LogP contribution in [-0.2, 0) is 16.8 Å². The van der Waals surface area contributed by atoms with E-state index >= 15 is 0 Å².